The van der Waals surface area contributed by atoms with Crippen molar-refractivity contribution >= 4 is 11.3 Å². The molecule has 0 amide bonds. The van der Waals surface area contributed by atoms with E-state index in [-0.39, 0.29) is 0 Å². The topological polar surface area (TPSA) is 20.2 Å². The van der Waals surface area contributed by atoms with Crippen LogP contribution in [-0.4, -0.2) is 5.11 Å². The third kappa shape index (κ3) is 2.99. The minimum Gasteiger partial charge on any atom is -0.383 e. The summed E-state index contributed by atoms with van der Waals surface area (Å²) in [5.74, 6) is 0. The van der Waals surface area contributed by atoms with Gasteiger partial charge in [-0.15, -0.1) is 11.3 Å². The van der Waals surface area contributed by atoms with Crippen LogP contribution in [0.25, 0.3) is 0 Å². The van der Waals surface area contributed by atoms with E-state index in [1.54, 1.807) is 11.3 Å². The van der Waals surface area contributed by atoms with Gasteiger partial charge in [-0.25, -0.2) is 0 Å². The zero-order valence-corrected chi connectivity index (χ0v) is 12.1. The van der Waals surface area contributed by atoms with Crippen LogP contribution in [0.15, 0.2) is 30.3 Å². The highest BCUT2D eigenvalue weighted by molar-refractivity contribution is 7.12. The number of thiophene rings is 1. The SMILES string of the molecule is OC(c1ccc(C(F)(F)F)cc1)c1cc2c(s1)CCCC2. The number of aliphatic hydroxyl groups is 1. The maximum absolute atomic E-state index is 12.5. The molecule has 21 heavy (non-hydrogen) atoms. The minimum absolute atomic E-state index is 0.501. The average molecular weight is 312 g/mol. The molecule has 1 aromatic carbocycles. The fourth-order valence-corrected chi connectivity index (χ4v) is 3.94. The van der Waals surface area contributed by atoms with Crippen molar-refractivity contribution in [3.63, 3.8) is 0 Å². The Balaban J connectivity index is 1.84. The summed E-state index contributed by atoms with van der Waals surface area (Å²) in [4.78, 5) is 2.13. The predicted octanol–water partition coefficient (Wildman–Crippen LogP) is 4.73. The Labute approximate surface area is 125 Å². The third-order valence-corrected chi connectivity index (χ3v) is 5.13. The number of alkyl halides is 3. The predicted molar refractivity (Wildman–Crippen MR) is 76.5 cm³/mol. The summed E-state index contributed by atoms with van der Waals surface area (Å²) in [6.45, 7) is 0. The van der Waals surface area contributed by atoms with Crippen LogP contribution in [0, 0.1) is 0 Å². The Bertz CT molecular complexity index is 604. The van der Waals surface area contributed by atoms with Gasteiger partial charge in [-0.2, -0.15) is 13.2 Å². The molecular weight excluding hydrogens is 297 g/mol. The summed E-state index contributed by atoms with van der Waals surface area (Å²) >= 11 is 1.58. The zero-order chi connectivity index (χ0) is 15.0. The van der Waals surface area contributed by atoms with E-state index in [1.165, 1.54) is 35.4 Å². The van der Waals surface area contributed by atoms with Gasteiger partial charge in [-0.3, -0.25) is 0 Å². The van der Waals surface area contributed by atoms with E-state index >= 15 is 0 Å². The average Bonchev–Trinajstić information content (AvgIpc) is 2.89. The number of rotatable bonds is 2. The molecule has 1 aliphatic carbocycles. The van der Waals surface area contributed by atoms with Crippen molar-refractivity contribution in [2.45, 2.75) is 38.0 Å². The molecule has 0 saturated heterocycles. The summed E-state index contributed by atoms with van der Waals surface area (Å²) in [5.41, 5.74) is 1.10. The molecule has 1 heterocycles. The van der Waals surface area contributed by atoms with Crippen LogP contribution >= 0.6 is 11.3 Å². The van der Waals surface area contributed by atoms with Crippen molar-refractivity contribution in [1.29, 1.82) is 0 Å². The summed E-state index contributed by atoms with van der Waals surface area (Å²) in [7, 11) is 0. The van der Waals surface area contributed by atoms with E-state index in [1.807, 2.05) is 6.07 Å². The summed E-state index contributed by atoms with van der Waals surface area (Å²) in [6.07, 6.45) is -0.775. The standard InChI is InChI=1S/C16H15F3OS/c17-16(18,19)12-7-5-10(6-8-12)15(20)14-9-11-3-1-2-4-13(11)21-14/h5-9,15,20H,1-4H2. The van der Waals surface area contributed by atoms with Crippen molar-refractivity contribution in [2.75, 3.05) is 0 Å². The smallest absolute Gasteiger partial charge is 0.383 e. The number of hydrogen-bond acceptors (Lipinski definition) is 2. The quantitative estimate of drug-likeness (QED) is 0.850. The molecule has 2 aromatic rings. The van der Waals surface area contributed by atoms with Gasteiger partial charge < -0.3 is 5.11 Å². The molecule has 0 spiro atoms. The van der Waals surface area contributed by atoms with E-state index < -0.39 is 17.8 Å². The van der Waals surface area contributed by atoms with Gasteiger partial charge in [0, 0.05) is 9.75 Å². The molecule has 0 aliphatic heterocycles. The molecular formula is C16H15F3OS. The molecule has 1 nitrogen and oxygen atoms in total. The van der Waals surface area contributed by atoms with Crippen LogP contribution in [0.4, 0.5) is 13.2 Å². The Kier molecular flexibility index (Phi) is 3.80. The van der Waals surface area contributed by atoms with Crippen LogP contribution in [0.3, 0.4) is 0 Å². The van der Waals surface area contributed by atoms with Crippen LogP contribution in [0.5, 0.6) is 0 Å². The second-order valence-corrected chi connectivity index (χ2v) is 6.49. The number of aryl methyl sites for hydroxylation is 2. The Morgan fingerprint density at radius 2 is 1.71 bits per heavy atom. The molecule has 3 rings (SSSR count). The van der Waals surface area contributed by atoms with Crippen molar-refractivity contribution in [3.8, 4) is 0 Å². The molecule has 0 radical (unpaired) electrons. The van der Waals surface area contributed by atoms with Crippen LogP contribution in [0.1, 0.15) is 45.4 Å². The molecule has 1 N–H and O–H groups in total. The lowest BCUT2D eigenvalue weighted by Gasteiger charge is -2.11. The minimum atomic E-state index is -4.34. The fourth-order valence-electron chi connectivity index (χ4n) is 2.67. The first-order chi connectivity index (χ1) is 9.95. The van der Waals surface area contributed by atoms with E-state index in [4.69, 9.17) is 0 Å². The molecule has 1 aliphatic rings. The molecule has 0 saturated carbocycles. The summed E-state index contributed by atoms with van der Waals surface area (Å²) < 4.78 is 37.6. The maximum Gasteiger partial charge on any atom is 0.416 e. The Morgan fingerprint density at radius 3 is 2.33 bits per heavy atom. The summed E-state index contributed by atoms with van der Waals surface area (Å²) in [5, 5.41) is 10.4. The lowest BCUT2D eigenvalue weighted by molar-refractivity contribution is -0.137. The monoisotopic (exact) mass is 312 g/mol. The molecule has 1 unspecified atom stereocenters. The first kappa shape index (κ1) is 14.6. The number of halogens is 3. The van der Waals surface area contributed by atoms with Gasteiger partial charge in [-0.05, 0) is 55.0 Å². The first-order valence-corrected chi connectivity index (χ1v) is 7.73. The van der Waals surface area contributed by atoms with Gasteiger partial charge in [0.25, 0.3) is 0 Å². The zero-order valence-electron chi connectivity index (χ0n) is 11.3. The normalized spacial score (nSPS) is 16.6. The van der Waals surface area contributed by atoms with Gasteiger partial charge in [0.05, 0.1) is 5.56 Å². The van der Waals surface area contributed by atoms with Gasteiger partial charge in [-0.1, -0.05) is 12.1 Å². The highest BCUT2D eigenvalue weighted by Gasteiger charge is 2.30. The van der Waals surface area contributed by atoms with E-state index in [9.17, 15) is 18.3 Å². The lowest BCUT2D eigenvalue weighted by Crippen LogP contribution is -2.05. The highest BCUT2D eigenvalue weighted by Crippen LogP contribution is 2.36. The molecule has 5 heteroatoms. The van der Waals surface area contributed by atoms with E-state index in [2.05, 4.69) is 0 Å². The fraction of sp³-hybridized carbons (Fsp3) is 0.375. The van der Waals surface area contributed by atoms with Gasteiger partial charge in [0.2, 0.25) is 0 Å². The van der Waals surface area contributed by atoms with Crippen LogP contribution in [-0.2, 0) is 19.0 Å². The Morgan fingerprint density at radius 1 is 1.05 bits per heavy atom. The second kappa shape index (κ2) is 5.46. The van der Waals surface area contributed by atoms with Crippen LogP contribution < -0.4 is 0 Å². The third-order valence-electron chi connectivity index (χ3n) is 3.84. The highest BCUT2D eigenvalue weighted by atomic mass is 32.1. The number of hydrogen-bond donors (Lipinski definition) is 1. The molecule has 112 valence electrons. The largest absolute Gasteiger partial charge is 0.416 e. The first-order valence-electron chi connectivity index (χ1n) is 6.92. The molecule has 0 bridgehead atoms. The number of aliphatic hydroxyl groups excluding tert-OH is 1. The van der Waals surface area contributed by atoms with Crippen molar-refractivity contribution in [3.05, 3.63) is 56.8 Å². The van der Waals surface area contributed by atoms with E-state index in [0.717, 1.165) is 29.9 Å². The van der Waals surface area contributed by atoms with Crippen molar-refractivity contribution in [1.82, 2.24) is 0 Å². The Hall–Kier alpha value is -1.33. The maximum atomic E-state index is 12.5. The number of benzene rings is 1. The van der Waals surface area contributed by atoms with Crippen molar-refractivity contribution < 1.29 is 18.3 Å². The van der Waals surface area contributed by atoms with Crippen LogP contribution in [0.2, 0.25) is 0 Å². The second-order valence-electron chi connectivity index (χ2n) is 5.33. The molecule has 1 aromatic heterocycles. The van der Waals surface area contributed by atoms with Gasteiger partial charge in [0.15, 0.2) is 0 Å². The number of fused-ring (bicyclic) bond motifs is 1. The van der Waals surface area contributed by atoms with Gasteiger partial charge in [0.1, 0.15) is 6.10 Å². The summed E-state index contributed by atoms with van der Waals surface area (Å²) in [6, 6.07) is 6.75. The van der Waals surface area contributed by atoms with E-state index in [0.29, 0.717) is 5.56 Å². The molecule has 0 fully saturated rings. The lowest BCUT2D eigenvalue weighted by atomic mass is 9.98. The molecule has 1 atom stereocenters. The van der Waals surface area contributed by atoms with Crippen molar-refractivity contribution in [2.24, 2.45) is 0 Å². The van der Waals surface area contributed by atoms with Gasteiger partial charge >= 0.3 is 6.18 Å².